The summed E-state index contributed by atoms with van der Waals surface area (Å²) in [5.74, 6) is 0.00195. The van der Waals surface area contributed by atoms with Gasteiger partial charge in [0.15, 0.2) is 0 Å². The van der Waals surface area contributed by atoms with Gasteiger partial charge >= 0.3 is 0 Å². The molecule has 2 aromatic rings. The number of amides is 2. The van der Waals surface area contributed by atoms with Crippen LogP contribution in [0.5, 0.6) is 0 Å². The number of halogens is 1. The summed E-state index contributed by atoms with van der Waals surface area (Å²) in [7, 11) is 0. The molecule has 9 heteroatoms. The molecule has 0 N–H and O–H groups in total. The highest BCUT2D eigenvalue weighted by atomic mass is 35.5. The SMILES string of the molecule is O=C(C1CC1)N(CCN1CCOCC1)CC(=O)N1N=C(c2cccs2)CC1c1ccc(Cl)cc1. The van der Waals surface area contributed by atoms with Crippen LogP contribution in [0.4, 0.5) is 0 Å². The van der Waals surface area contributed by atoms with Crippen molar-refractivity contribution in [1.82, 2.24) is 14.8 Å². The zero-order valence-electron chi connectivity index (χ0n) is 19.1. The molecule has 3 aliphatic rings. The molecule has 7 nitrogen and oxygen atoms in total. The minimum Gasteiger partial charge on any atom is -0.379 e. The van der Waals surface area contributed by atoms with Gasteiger partial charge in [-0.2, -0.15) is 5.10 Å². The summed E-state index contributed by atoms with van der Waals surface area (Å²) in [6, 6.07) is 11.4. The van der Waals surface area contributed by atoms with E-state index in [0.29, 0.717) is 31.2 Å². The van der Waals surface area contributed by atoms with E-state index in [9.17, 15) is 9.59 Å². The highest BCUT2D eigenvalue weighted by molar-refractivity contribution is 7.12. The van der Waals surface area contributed by atoms with Crippen LogP contribution in [0.15, 0.2) is 46.9 Å². The minimum atomic E-state index is -0.209. The van der Waals surface area contributed by atoms with Crippen LogP contribution >= 0.6 is 22.9 Å². The molecule has 2 aliphatic heterocycles. The van der Waals surface area contributed by atoms with Crippen molar-refractivity contribution in [2.24, 2.45) is 11.0 Å². The molecule has 1 aliphatic carbocycles. The maximum Gasteiger partial charge on any atom is 0.262 e. The molecule has 1 unspecified atom stereocenters. The summed E-state index contributed by atoms with van der Waals surface area (Å²) in [6.45, 7) is 4.49. The number of thiophene rings is 1. The fourth-order valence-corrected chi connectivity index (χ4v) is 5.30. The van der Waals surface area contributed by atoms with E-state index in [2.05, 4.69) is 4.90 Å². The highest BCUT2D eigenvalue weighted by Crippen LogP contribution is 2.35. The first-order valence-electron chi connectivity index (χ1n) is 11.9. The molecule has 0 bridgehead atoms. The number of nitrogens with zero attached hydrogens (tertiary/aromatic N) is 4. The Balaban J connectivity index is 1.33. The molecular weight excluding hydrogens is 472 g/mol. The second-order valence-electron chi connectivity index (χ2n) is 9.02. The lowest BCUT2D eigenvalue weighted by molar-refractivity contribution is -0.142. The number of rotatable bonds is 8. The standard InChI is InChI=1S/C25H29ClN4O3S/c26-20-7-5-18(6-8-20)22-16-21(23-2-1-15-34-23)27-30(22)24(31)17-29(25(32)19-3-4-19)10-9-28-11-13-33-14-12-28/h1-2,5-8,15,19,22H,3-4,9-14,16-17H2. The third kappa shape index (κ3) is 5.51. The van der Waals surface area contributed by atoms with Crippen molar-refractivity contribution in [2.45, 2.75) is 25.3 Å². The monoisotopic (exact) mass is 500 g/mol. The molecular formula is C25H29ClN4O3S. The number of morpholine rings is 1. The Kier molecular flexibility index (Phi) is 7.29. The first-order chi connectivity index (χ1) is 16.6. The van der Waals surface area contributed by atoms with Crippen LogP contribution in [0, 0.1) is 5.92 Å². The summed E-state index contributed by atoms with van der Waals surface area (Å²) in [4.78, 5) is 31.7. The zero-order valence-corrected chi connectivity index (χ0v) is 20.6. The van der Waals surface area contributed by atoms with Crippen molar-refractivity contribution in [3.8, 4) is 0 Å². The maximum absolute atomic E-state index is 13.6. The number of hydrazone groups is 1. The summed E-state index contributed by atoms with van der Waals surface area (Å²) in [5, 5.41) is 9.00. The maximum atomic E-state index is 13.6. The van der Waals surface area contributed by atoms with Crippen molar-refractivity contribution in [2.75, 3.05) is 45.9 Å². The summed E-state index contributed by atoms with van der Waals surface area (Å²) < 4.78 is 5.43. The van der Waals surface area contributed by atoms with E-state index in [4.69, 9.17) is 21.4 Å². The Labute approximate surface area is 208 Å². The molecule has 0 radical (unpaired) electrons. The molecule has 1 aromatic carbocycles. The molecule has 1 atom stereocenters. The lowest BCUT2D eigenvalue weighted by Crippen LogP contribution is -2.47. The van der Waals surface area contributed by atoms with Gasteiger partial charge in [-0.25, -0.2) is 5.01 Å². The lowest BCUT2D eigenvalue weighted by atomic mass is 10.0. The molecule has 34 heavy (non-hydrogen) atoms. The molecule has 180 valence electrons. The minimum absolute atomic E-state index is 0.0466. The van der Waals surface area contributed by atoms with E-state index >= 15 is 0 Å². The largest absolute Gasteiger partial charge is 0.379 e. The number of hydrogen-bond acceptors (Lipinski definition) is 6. The van der Waals surface area contributed by atoms with Crippen LogP contribution in [0.1, 0.15) is 35.7 Å². The van der Waals surface area contributed by atoms with E-state index in [-0.39, 0.29) is 30.3 Å². The second-order valence-corrected chi connectivity index (χ2v) is 10.4. The Morgan fingerprint density at radius 1 is 1.15 bits per heavy atom. The van der Waals surface area contributed by atoms with Crippen molar-refractivity contribution in [1.29, 1.82) is 0 Å². The fraction of sp³-hybridized carbons (Fsp3) is 0.480. The molecule has 1 saturated carbocycles. The predicted molar refractivity (Wildman–Crippen MR) is 133 cm³/mol. The van der Waals surface area contributed by atoms with Gasteiger partial charge in [0.25, 0.3) is 5.91 Å². The van der Waals surface area contributed by atoms with Gasteiger partial charge in [0.1, 0.15) is 6.54 Å². The van der Waals surface area contributed by atoms with Gasteiger partial charge < -0.3 is 9.64 Å². The first kappa shape index (κ1) is 23.5. The lowest BCUT2D eigenvalue weighted by Gasteiger charge is -2.31. The van der Waals surface area contributed by atoms with Crippen LogP contribution in [-0.2, 0) is 14.3 Å². The first-order valence-corrected chi connectivity index (χ1v) is 13.1. The van der Waals surface area contributed by atoms with Crippen molar-refractivity contribution < 1.29 is 14.3 Å². The summed E-state index contributed by atoms with van der Waals surface area (Å²) in [6.07, 6.45) is 2.47. The highest BCUT2D eigenvalue weighted by Gasteiger charge is 2.38. The van der Waals surface area contributed by atoms with Gasteiger partial charge in [-0.05, 0) is 42.0 Å². The fourth-order valence-electron chi connectivity index (χ4n) is 4.45. The number of carbonyl (C=O) groups excluding carboxylic acids is 2. The smallest absolute Gasteiger partial charge is 0.262 e. The number of carbonyl (C=O) groups is 2. The second kappa shape index (κ2) is 10.6. The van der Waals surface area contributed by atoms with E-state index in [0.717, 1.165) is 48.6 Å². The van der Waals surface area contributed by atoms with Crippen LogP contribution in [0.2, 0.25) is 5.02 Å². The van der Waals surface area contributed by atoms with E-state index < -0.39 is 0 Å². The van der Waals surface area contributed by atoms with E-state index in [1.54, 1.807) is 21.2 Å². The van der Waals surface area contributed by atoms with Crippen LogP contribution in [-0.4, -0.2) is 78.3 Å². The molecule has 0 spiro atoms. The predicted octanol–water partition coefficient (Wildman–Crippen LogP) is 3.65. The third-order valence-electron chi connectivity index (χ3n) is 6.58. The van der Waals surface area contributed by atoms with Crippen LogP contribution in [0.25, 0.3) is 0 Å². The Morgan fingerprint density at radius 2 is 1.91 bits per heavy atom. The topological polar surface area (TPSA) is 65.5 Å². The number of hydrogen-bond donors (Lipinski definition) is 0. The quantitative estimate of drug-likeness (QED) is 0.555. The Bertz CT molecular complexity index is 1030. The normalized spacial score (nSPS) is 20.9. The molecule has 3 heterocycles. The summed E-state index contributed by atoms with van der Waals surface area (Å²) >= 11 is 7.72. The number of benzene rings is 1. The Morgan fingerprint density at radius 3 is 2.59 bits per heavy atom. The van der Waals surface area contributed by atoms with E-state index in [1.807, 2.05) is 41.8 Å². The molecule has 2 amide bonds. The van der Waals surface area contributed by atoms with E-state index in [1.165, 1.54) is 0 Å². The molecule has 5 rings (SSSR count). The Hall–Kier alpha value is -2.26. The average Bonchev–Trinajstić information content (AvgIpc) is 3.37. The van der Waals surface area contributed by atoms with Gasteiger partial charge in [-0.15, -0.1) is 11.3 Å². The van der Waals surface area contributed by atoms with Gasteiger partial charge in [0.2, 0.25) is 5.91 Å². The average molecular weight is 501 g/mol. The van der Waals surface area contributed by atoms with Crippen LogP contribution in [0.3, 0.4) is 0 Å². The van der Waals surface area contributed by atoms with Crippen LogP contribution < -0.4 is 0 Å². The molecule has 1 aromatic heterocycles. The van der Waals surface area contributed by atoms with Gasteiger partial charge in [-0.3, -0.25) is 14.5 Å². The zero-order chi connectivity index (χ0) is 23.5. The molecule has 1 saturated heterocycles. The molecule has 2 fully saturated rings. The van der Waals surface area contributed by atoms with Crippen molar-refractivity contribution in [3.63, 3.8) is 0 Å². The third-order valence-corrected chi connectivity index (χ3v) is 7.75. The summed E-state index contributed by atoms with van der Waals surface area (Å²) in [5.41, 5.74) is 1.89. The van der Waals surface area contributed by atoms with Crippen molar-refractivity contribution in [3.05, 3.63) is 57.2 Å². The van der Waals surface area contributed by atoms with Gasteiger partial charge in [-0.1, -0.05) is 29.8 Å². The van der Waals surface area contributed by atoms with Crippen molar-refractivity contribution >= 4 is 40.5 Å². The van der Waals surface area contributed by atoms with Gasteiger partial charge in [0, 0.05) is 43.5 Å². The van der Waals surface area contributed by atoms with Gasteiger partial charge in [0.05, 0.1) is 29.8 Å². The number of ether oxygens (including phenoxy) is 1.